The number of carbonyl (C=O) groups excluding carboxylic acids is 1. The molecule has 2 heterocycles. The van der Waals surface area contributed by atoms with E-state index in [1.54, 1.807) is 11.8 Å². The van der Waals surface area contributed by atoms with Gasteiger partial charge >= 0.3 is 0 Å². The van der Waals surface area contributed by atoms with E-state index in [-0.39, 0.29) is 0 Å². The summed E-state index contributed by atoms with van der Waals surface area (Å²) in [6.45, 7) is 6.29. The van der Waals surface area contributed by atoms with E-state index in [0.29, 0.717) is 11.7 Å². The Bertz CT molecular complexity index is 534. The first kappa shape index (κ1) is 16.9. The fourth-order valence-corrected chi connectivity index (χ4v) is 4.35. The van der Waals surface area contributed by atoms with Crippen LogP contribution in [0.5, 0.6) is 0 Å². The molecule has 0 N–H and O–H groups in total. The molecule has 0 unspecified atom stereocenters. The number of unbranched alkanes of at least 4 members (excludes halogenated alkanes) is 1. The number of halogens is 1. The first-order valence-electron chi connectivity index (χ1n) is 8.31. The molecule has 2 fully saturated rings. The number of hydrogen-bond donors (Lipinski definition) is 0. The maximum Gasteiger partial charge on any atom is 0.233 e. The van der Waals surface area contributed by atoms with Crippen molar-refractivity contribution in [3.05, 3.63) is 29.3 Å². The zero-order valence-corrected chi connectivity index (χ0v) is 15.0. The molecule has 126 valence electrons. The summed E-state index contributed by atoms with van der Waals surface area (Å²) < 4.78 is 0. The van der Waals surface area contributed by atoms with Gasteiger partial charge < -0.3 is 9.80 Å². The molecule has 2 saturated heterocycles. The normalized spacial score (nSPS) is 19.6. The second kappa shape index (κ2) is 8.27. The van der Waals surface area contributed by atoms with Crippen molar-refractivity contribution >= 4 is 35.0 Å². The van der Waals surface area contributed by atoms with Crippen LogP contribution in [0, 0.1) is 0 Å². The number of benzene rings is 1. The minimum atomic E-state index is 0.309. The van der Waals surface area contributed by atoms with Crippen LogP contribution in [0.3, 0.4) is 0 Å². The molecule has 3 rings (SSSR count). The molecular weight excluding hydrogens is 330 g/mol. The summed E-state index contributed by atoms with van der Waals surface area (Å²) in [7, 11) is 0. The minimum absolute atomic E-state index is 0.309. The Morgan fingerprint density at radius 2 is 1.78 bits per heavy atom. The Morgan fingerprint density at radius 1 is 1.04 bits per heavy atom. The van der Waals surface area contributed by atoms with Crippen LogP contribution in [0.2, 0.25) is 5.02 Å². The summed E-state index contributed by atoms with van der Waals surface area (Å²) in [6, 6.07) is 8.08. The van der Waals surface area contributed by atoms with Gasteiger partial charge in [0.1, 0.15) is 0 Å². The largest absolute Gasteiger partial charge is 0.368 e. The Balaban J connectivity index is 1.35. The third-order valence-electron chi connectivity index (χ3n) is 4.54. The first-order chi connectivity index (χ1) is 11.2. The monoisotopic (exact) mass is 353 g/mol. The van der Waals surface area contributed by atoms with Gasteiger partial charge in [-0.3, -0.25) is 9.69 Å². The molecule has 4 nitrogen and oxygen atoms in total. The number of para-hydroxylation sites is 1. The van der Waals surface area contributed by atoms with Crippen LogP contribution in [-0.2, 0) is 4.79 Å². The van der Waals surface area contributed by atoms with Gasteiger partial charge in [0.15, 0.2) is 0 Å². The molecule has 1 aromatic rings. The molecule has 1 amide bonds. The smallest absolute Gasteiger partial charge is 0.233 e. The summed E-state index contributed by atoms with van der Waals surface area (Å²) in [5.74, 6) is 1.86. The zero-order valence-electron chi connectivity index (χ0n) is 13.4. The average molecular weight is 354 g/mol. The van der Waals surface area contributed by atoms with Gasteiger partial charge in [0, 0.05) is 32.7 Å². The van der Waals surface area contributed by atoms with Crippen LogP contribution in [0.15, 0.2) is 24.3 Å². The zero-order chi connectivity index (χ0) is 16.1. The van der Waals surface area contributed by atoms with E-state index in [2.05, 4.69) is 15.9 Å². The molecule has 2 aliphatic rings. The van der Waals surface area contributed by atoms with E-state index >= 15 is 0 Å². The number of rotatable bonds is 6. The molecule has 0 bridgehead atoms. The van der Waals surface area contributed by atoms with Crippen molar-refractivity contribution in [1.82, 2.24) is 9.80 Å². The van der Waals surface area contributed by atoms with Crippen molar-refractivity contribution < 1.29 is 4.79 Å². The predicted molar refractivity (Wildman–Crippen MR) is 98.4 cm³/mol. The topological polar surface area (TPSA) is 26.8 Å². The van der Waals surface area contributed by atoms with Gasteiger partial charge in [0.2, 0.25) is 5.91 Å². The van der Waals surface area contributed by atoms with Gasteiger partial charge in [0.25, 0.3) is 0 Å². The number of thioether (sulfide) groups is 1. The van der Waals surface area contributed by atoms with Crippen LogP contribution < -0.4 is 4.90 Å². The Hall–Kier alpha value is -0.910. The van der Waals surface area contributed by atoms with Crippen molar-refractivity contribution in [2.24, 2.45) is 0 Å². The number of hydrogen-bond acceptors (Lipinski definition) is 4. The molecule has 0 saturated carbocycles. The lowest BCUT2D eigenvalue weighted by molar-refractivity contribution is -0.126. The molecule has 0 spiro atoms. The molecule has 6 heteroatoms. The molecule has 0 aliphatic carbocycles. The standard InChI is InChI=1S/C17H24ClN3OS/c18-15-5-1-2-6-16(15)20-11-9-19(10-12-20)7-3-4-8-21-14-23-13-17(21)22/h1-2,5-6H,3-4,7-14H2. The molecule has 23 heavy (non-hydrogen) atoms. The number of nitrogens with zero attached hydrogens (tertiary/aromatic N) is 3. The van der Waals surface area contributed by atoms with Gasteiger partial charge in [-0.25, -0.2) is 0 Å². The van der Waals surface area contributed by atoms with Gasteiger partial charge in [-0.2, -0.15) is 0 Å². The SMILES string of the molecule is O=C1CSCN1CCCCN1CCN(c2ccccc2Cl)CC1. The Labute approximate surface area is 147 Å². The van der Waals surface area contributed by atoms with Gasteiger partial charge in [-0.1, -0.05) is 23.7 Å². The summed E-state index contributed by atoms with van der Waals surface area (Å²) in [4.78, 5) is 18.4. The molecule has 0 atom stereocenters. The highest BCUT2D eigenvalue weighted by atomic mass is 35.5. The van der Waals surface area contributed by atoms with Gasteiger partial charge in [-0.15, -0.1) is 11.8 Å². The second-order valence-electron chi connectivity index (χ2n) is 6.12. The molecule has 0 aromatic heterocycles. The summed E-state index contributed by atoms with van der Waals surface area (Å²) >= 11 is 8.01. The van der Waals surface area contributed by atoms with Crippen molar-refractivity contribution in [2.75, 3.05) is 55.8 Å². The highest BCUT2D eigenvalue weighted by Gasteiger charge is 2.21. The fraction of sp³-hybridized carbons (Fsp3) is 0.588. The highest BCUT2D eigenvalue weighted by molar-refractivity contribution is 8.00. The number of carbonyl (C=O) groups is 1. The van der Waals surface area contributed by atoms with Crippen LogP contribution >= 0.6 is 23.4 Å². The van der Waals surface area contributed by atoms with Crippen LogP contribution in [0.25, 0.3) is 0 Å². The van der Waals surface area contributed by atoms with Crippen molar-refractivity contribution in [1.29, 1.82) is 0 Å². The van der Waals surface area contributed by atoms with Crippen molar-refractivity contribution in [3.8, 4) is 0 Å². The molecule has 2 aliphatic heterocycles. The fourth-order valence-electron chi connectivity index (χ4n) is 3.15. The van der Waals surface area contributed by atoms with E-state index in [1.807, 2.05) is 23.1 Å². The highest BCUT2D eigenvalue weighted by Crippen LogP contribution is 2.26. The Morgan fingerprint density at radius 3 is 2.48 bits per heavy atom. The van der Waals surface area contributed by atoms with Crippen LogP contribution in [0.4, 0.5) is 5.69 Å². The summed E-state index contributed by atoms with van der Waals surface area (Å²) in [5, 5.41) is 0.842. The number of amides is 1. The third kappa shape index (κ3) is 4.55. The lowest BCUT2D eigenvalue weighted by Gasteiger charge is -2.36. The molecule has 1 aromatic carbocycles. The van der Waals surface area contributed by atoms with Crippen LogP contribution in [0.1, 0.15) is 12.8 Å². The van der Waals surface area contributed by atoms with E-state index in [9.17, 15) is 4.79 Å². The van der Waals surface area contributed by atoms with Gasteiger partial charge in [-0.05, 0) is 31.5 Å². The van der Waals surface area contributed by atoms with E-state index in [4.69, 9.17) is 11.6 Å². The predicted octanol–water partition coefficient (Wildman–Crippen LogP) is 2.78. The number of anilines is 1. The van der Waals surface area contributed by atoms with Crippen molar-refractivity contribution in [3.63, 3.8) is 0 Å². The van der Waals surface area contributed by atoms with Crippen molar-refractivity contribution in [2.45, 2.75) is 12.8 Å². The van der Waals surface area contributed by atoms with Gasteiger partial charge in [0.05, 0.1) is 22.3 Å². The summed E-state index contributed by atoms with van der Waals surface area (Å²) in [6.07, 6.45) is 2.28. The third-order valence-corrected chi connectivity index (χ3v) is 5.81. The van der Waals surface area contributed by atoms with Crippen LogP contribution in [-0.4, -0.2) is 66.6 Å². The average Bonchev–Trinajstić information content (AvgIpc) is 2.98. The molecule has 0 radical (unpaired) electrons. The lowest BCUT2D eigenvalue weighted by atomic mass is 10.2. The lowest BCUT2D eigenvalue weighted by Crippen LogP contribution is -2.46. The number of piperazine rings is 1. The van der Waals surface area contributed by atoms with E-state index in [0.717, 1.165) is 62.3 Å². The maximum atomic E-state index is 11.5. The van der Waals surface area contributed by atoms with E-state index < -0.39 is 0 Å². The van der Waals surface area contributed by atoms with E-state index in [1.165, 1.54) is 6.42 Å². The second-order valence-corrected chi connectivity index (χ2v) is 7.48. The Kier molecular flexibility index (Phi) is 6.08. The quantitative estimate of drug-likeness (QED) is 0.735. The maximum absolute atomic E-state index is 11.5. The summed E-state index contributed by atoms with van der Waals surface area (Å²) in [5.41, 5.74) is 1.15. The first-order valence-corrected chi connectivity index (χ1v) is 9.84. The molecular formula is C17H24ClN3OS. The minimum Gasteiger partial charge on any atom is -0.368 e.